The summed E-state index contributed by atoms with van der Waals surface area (Å²) in [6.07, 6.45) is 8.62. The molecule has 7 atom stereocenters. The van der Waals surface area contributed by atoms with Crippen LogP contribution in [-0.2, 0) is 19.2 Å². The molecule has 1 heterocycles. The number of ether oxygens (including phenoxy) is 1. The number of rotatable bonds is 2. The molecule has 0 aromatic heterocycles. The summed E-state index contributed by atoms with van der Waals surface area (Å²) >= 11 is 0. The van der Waals surface area contributed by atoms with Crippen LogP contribution in [0.25, 0.3) is 0 Å². The first kappa shape index (κ1) is 21.1. The highest BCUT2D eigenvalue weighted by Crippen LogP contribution is 2.71. The zero-order valence-corrected chi connectivity index (χ0v) is 19.8. The minimum absolute atomic E-state index is 0.0600. The molecule has 1 aromatic rings. The van der Waals surface area contributed by atoms with Gasteiger partial charge in [0, 0.05) is 13.3 Å². The lowest BCUT2D eigenvalue weighted by atomic mass is 9.47. The number of allylic oxidation sites excluding steroid dienone is 1. The molecule has 0 N–H and O–H groups in total. The number of nitrogens with zero attached hydrogens (tertiary/aromatic N) is 1. The summed E-state index contributed by atoms with van der Waals surface area (Å²) in [7, 11) is 0. The maximum Gasteiger partial charge on any atom is 0.306 e. The van der Waals surface area contributed by atoms with E-state index in [1.807, 2.05) is 24.3 Å². The number of carbonyl (C=O) groups excluding carboxylic acids is 2. The quantitative estimate of drug-likeness (QED) is 0.567. The summed E-state index contributed by atoms with van der Waals surface area (Å²) in [6, 6.07) is 10.2. The second kappa shape index (κ2) is 7.04. The Balaban J connectivity index is 1.40. The molecule has 3 saturated carbocycles. The van der Waals surface area contributed by atoms with E-state index in [2.05, 4.69) is 31.1 Å². The lowest BCUT2D eigenvalue weighted by Gasteiger charge is -2.58. The van der Waals surface area contributed by atoms with Crippen molar-refractivity contribution < 1.29 is 19.2 Å². The molecule has 0 spiro atoms. The number of fused-ring (bicyclic) bond motifs is 7. The Labute approximate surface area is 195 Å². The summed E-state index contributed by atoms with van der Waals surface area (Å²) in [4.78, 5) is 30.7. The Morgan fingerprint density at radius 1 is 1.09 bits per heavy atom. The smallest absolute Gasteiger partial charge is 0.306 e. The van der Waals surface area contributed by atoms with Gasteiger partial charge in [0.1, 0.15) is 0 Å². The molecule has 174 valence electrons. The Hall–Kier alpha value is -2.43. The molecule has 4 aliphatic carbocycles. The molecule has 0 unspecified atom stereocenters. The average Bonchev–Trinajstić information content (AvgIpc) is 3.26. The minimum atomic E-state index is -1.03. The zero-order chi connectivity index (χ0) is 23.0. The highest BCUT2D eigenvalue weighted by Gasteiger charge is 2.74. The van der Waals surface area contributed by atoms with E-state index in [1.165, 1.54) is 12.5 Å². The number of ketones is 1. The van der Waals surface area contributed by atoms with Crippen LogP contribution in [0.2, 0.25) is 0 Å². The van der Waals surface area contributed by atoms with Gasteiger partial charge in [0.25, 0.3) is 5.79 Å². The van der Waals surface area contributed by atoms with E-state index in [4.69, 9.17) is 9.57 Å². The third kappa shape index (κ3) is 2.74. The maximum atomic E-state index is 12.4. The van der Waals surface area contributed by atoms with Crippen LogP contribution in [0.1, 0.15) is 71.3 Å². The number of oxime groups is 1. The van der Waals surface area contributed by atoms with Gasteiger partial charge in [-0.05, 0) is 73.3 Å². The third-order valence-corrected chi connectivity index (χ3v) is 10.1. The molecule has 3 fully saturated rings. The number of hydrogen-bond acceptors (Lipinski definition) is 5. The predicted octanol–water partition coefficient (Wildman–Crippen LogP) is 5.44. The Morgan fingerprint density at radius 2 is 1.88 bits per heavy atom. The van der Waals surface area contributed by atoms with Gasteiger partial charge in [0.05, 0.1) is 17.0 Å². The number of esters is 1. The van der Waals surface area contributed by atoms with E-state index in [0.29, 0.717) is 30.0 Å². The molecule has 5 heteroatoms. The molecular weight excluding hydrogens is 414 g/mol. The Kier molecular flexibility index (Phi) is 4.50. The molecule has 0 amide bonds. The molecule has 0 radical (unpaired) electrons. The van der Waals surface area contributed by atoms with Crippen LogP contribution in [0.4, 0.5) is 0 Å². The van der Waals surface area contributed by atoms with Crippen molar-refractivity contribution in [2.45, 2.75) is 71.5 Å². The van der Waals surface area contributed by atoms with Gasteiger partial charge < -0.3 is 9.57 Å². The molecule has 6 rings (SSSR count). The van der Waals surface area contributed by atoms with Crippen LogP contribution < -0.4 is 0 Å². The summed E-state index contributed by atoms with van der Waals surface area (Å²) in [5, 5.41) is 4.54. The van der Waals surface area contributed by atoms with Gasteiger partial charge in [-0.3, -0.25) is 9.59 Å². The molecule has 0 saturated heterocycles. The molecular formula is C28H33NO4. The van der Waals surface area contributed by atoms with Crippen LogP contribution in [0, 0.1) is 34.5 Å². The fourth-order valence-corrected chi connectivity index (χ4v) is 8.48. The van der Waals surface area contributed by atoms with E-state index in [1.54, 1.807) is 0 Å². The highest BCUT2D eigenvalue weighted by atomic mass is 16.8. The fourth-order valence-electron chi connectivity index (χ4n) is 8.48. The van der Waals surface area contributed by atoms with Crippen LogP contribution in [-0.4, -0.2) is 23.3 Å². The summed E-state index contributed by atoms with van der Waals surface area (Å²) in [6.45, 7) is 6.16. The van der Waals surface area contributed by atoms with Crippen molar-refractivity contribution in [1.82, 2.24) is 0 Å². The van der Waals surface area contributed by atoms with Gasteiger partial charge in [-0.15, -0.1) is 0 Å². The molecule has 1 aromatic carbocycles. The SMILES string of the molecule is CC(=O)O[C@@]12ON=C(c3ccccc3)[C@@H]1C[C@H]1[C@@H]3CCC4=CC(=O)CC[C@]4(C)[C@H]3CC[C@@]12C. The maximum absolute atomic E-state index is 12.4. The summed E-state index contributed by atoms with van der Waals surface area (Å²) < 4.78 is 6.14. The van der Waals surface area contributed by atoms with Crippen molar-refractivity contribution >= 4 is 17.5 Å². The molecule has 5 nitrogen and oxygen atoms in total. The van der Waals surface area contributed by atoms with E-state index in [9.17, 15) is 9.59 Å². The fraction of sp³-hybridized carbons (Fsp3) is 0.607. The lowest BCUT2D eigenvalue weighted by Crippen LogP contribution is -2.57. The topological polar surface area (TPSA) is 65.0 Å². The van der Waals surface area contributed by atoms with E-state index in [0.717, 1.165) is 49.8 Å². The highest BCUT2D eigenvalue weighted by molar-refractivity contribution is 6.04. The van der Waals surface area contributed by atoms with E-state index < -0.39 is 5.79 Å². The third-order valence-electron chi connectivity index (χ3n) is 10.1. The molecule has 0 bridgehead atoms. The van der Waals surface area contributed by atoms with Gasteiger partial charge in [0.2, 0.25) is 0 Å². The standard InChI is InChI=1S/C28H33NO4/c1-17(30)32-28-24(25(29-33-28)18-7-5-4-6-8-18)16-23-21-10-9-19-15-20(31)11-13-26(19,2)22(21)12-14-27(23,28)3/h4-8,15,21-24H,9-14,16H2,1-3H3/t21-,22+,23+,24+,26+,27+,28-/m1/s1. The summed E-state index contributed by atoms with van der Waals surface area (Å²) in [5.74, 6) is 0.398. The van der Waals surface area contributed by atoms with Gasteiger partial charge >= 0.3 is 5.97 Å². The number of hydrogen-bond donors (Lipinski definition) is 0. The predicted molar refractivity (Wildman–Crippen MR) is 124 cm³/mol. The van der Waals surface area contributed by atoms with Gasteiger partial charge in [-0.2, -0.15) is 0 Å². The normalized spacial score (nSPS) is 43.3. The van der Waals surface area contributed by atoms with Crippen LogP contribution in [0.15, 0.2) is 47.1 Å². The second-order valence-electron chi connectivity index (χ2n) is 11.4. The van der Waals surface area contributed by atoms with Crippen molar-refractivity contribution in [2.24, 2.45) is 39.7 Å². The molecule has 1 aliphatic heterocycles. The van der Waals surface area contributed by atoms with Crippen molar-refractivity contribution in [3.8, 4) is 0 Å². The first-order chi connectivity index (χ1) is 15.8. The number of carbonyl (C=O) groups is 2. The van der Waals surface area contributed by atoms with Gasteiger partial charge in [-0.25, -0.2) is 0 Å². The first-order valence-electron chi connectivity index (χ1n) is 12.5. The van der Waals surface area contributed by atoms with E-state index >= 15 is 0 Å². The first-order valence-corrected chi connectivity index (χ1v) is 12.5. The van der Waals surface area contributed by atoms with Gasteiger partial charge in [0.15, 0.2) is 5.78 Å². The molecule has 33 heavy (non-hydrogen) atoms. The summed E-state index contributed by atoms with van der Waals surface area (Å²) in [5.41, 5.74) is 3.16. The van der Waals surface area contributed by atoms with E-state index in [-0.39, 0.29) is 22.7 Å². The van der Waals surface area contributed by atoms with Crippen molar-refractivity contribution in [3.05, 3.63) is 47.5 Å². The Bertz CT molecular complexity index is 1080. The number of benzene rings is 1. The van der Waals surface area contributed by atoms with Crippen molar-refractivity contribution in [3.63, 3.8) is 0 Å². The lowest BCUT2D eigenvalue weighted by molar-refractivity contribution is -0.286. The van der Waals surface area contributed by atoms with Crippen LogP contribution >= 0.6 is 0 Å². The van der Waals surface area contributed by atoms with Gasteiger partial charge in [-0.1, -0.05) is 54.9 Å². The zero-order valence-electron chi connectivity index (χ0n) is 19.8. The Morgan fingerprint density at radius 3 is 2.64 bits per heavy atom. The average molecular weight is 448 g/mol. The second-order valence-corrected chi connectivity index (χ2v) is 11.4. The minimum Gasteiger partial charge on any atom is -0.419 e. The van der Waals surface area contributed by atoms with Crippen molar-refractivity contribution in [1.29, 1.82) is 0 Å². The van der Waals surface area contributed by atoms with Crippen LogP contribution in [0.5, 0.6) is 0 Å². The van der Waals surface area contributed by atoms with Crippen LogP contribution in [0.3, 0.4) is 0 Å². The largest absolute Gasteiger partial charge is 0.419 e. The monoisotopic (exact) mass is 447 g/mol. The molecule has 5 aliphatic rings. The van der Waals surface area contributed by atoms with Crippen molar-refractivity contribution in [2.75, 3.05) is 0 Å².